The van der Waals surface area contributed by atoms with E-state index in [1.54, 1.807) is 29.0 Å². The molecule has 5 aromatic rings. The highest BCUT2D eigenvalue weighted by molar-refractivity contribution is 5.75. The minimum atomic E-state index is -0.329. The van der Waals surface area contributed by atoms with E-state index < -0.39 is 0 Å². The van der Waals surface area contributed by atoms with E-state index in [1.807, 2.05) is 59.2 Å². The number of hydrogen-bond acceptors (Lipinski definition) is 3. The Balaban J connectivity index is 1.53. The Morgan fingerprint density at radius 2 is 1.70 bits per heavy atom. The average Bonchev–Trinajstić information content (AvgIpc) is 3.28. The number of halogens is 1. The largest absolute Gasteiger partial charge is 0.319 e. The number of aryl methyl sites for hydroxylation is 1. The van der Waals surface area contributed by atoms with Crippen LogP contribution >= 0.6 is 0 Å². The van der Waals surface area contributed by atoms with Crippen molar-refractivity contribution < 1.29 is 4.39 Å². The Hall–Kier alpha value is -4.50. The number of benzene rings is 3. The lowest BCUT2D eigenvalue weighted by molar-refractivity contribution is 0.596. The van der Waals surface area contributed by atoms with Crippen molar-refractivity contribution >= 4 is 11.0 Å². The predicted octanol–water partition coefficient (Wildman–Crippen LogP) is 6.31. The van der Waals surface area contributed by atoms with Crippen LogP contribution in [-0.2, 0) is 19.5 Å². The predicted molar refractivity (Wildman–Crippen MR) is 144 cm³/mol. The maximum Gasteiger partial charge on any atom is 0.277 e. The molecule has 5 rings (SSSR count). The van der Waals surface area contributed by atoms with Crippen LogP contribution in [0.2, 0.25) is 0 Å². The molecule has 0 unspecified atom stereocenters. The molecule has 0 aliphatic rings. The van der Waals surface area contributed by atoms with Crippen molar-refractivity contribution in [1.29, 1.82) is 5.26 Å². The van der Waals surface area contributed by atoms with Crippen LogP contribution in [0.25, 0.3) is 22.2 Å². The third-order valence-electron chi connectivity index (χ3n) is 6.66. The summed E-state index contributed by atoms with van der Waals surface area (Å²) in [6, 6.07) is 26.2. The summed E-state index contributed by atoms with van der Waals surface area (Å²) < 4.78 is 17.8. The Labute approximate surface area is 215 Å². The van der Waals surface area contributed by atoms with Gasteiger partial charge in [0, 0.05) is 24.7 Å². The number of nitriles is 1. The van der Waals surface area contributed by atoms with E-state index in [-0.39, 0.29) is 17.9 Å². The van der Waals surface area contributed by atoms with Crippen molar-refractivity contribution in [2.24, 2.45) is 0 Å². The van der Waals surface area contributed by atoms with E-state index in [9.17, 15) is 14.4 Å². The minimum absolute atomic E-state index is 0.157. The van der Waals surface area contributed by atoms with Crippen LogP contribution in [0.5, 0.6) is 0 Å². The first-order valence-corrected chi connectivity index (χ1v) is 12.5. The van der Waals surface area contributed by atoms with E-state index in [4.69, 9.17) is 4.98 Å². The summed E-state index contributed by atoms with van der Waals surface area (Å²) in [6.07, 6.45) is 4.45. The zero-order valence-corrected chi connectivity index (χ0v) is 20.7. The van der Waals surface area contributed by atoms with Crippen LogP contribution in [0.3, 0.4) is 0 Å². The molecule has 0 fully saturated rings. The number of rotatable bonds is 8. The molecule has 2 aromatic heterocycles. The second-order valence-electron chi connectivity index (χ2n) is 9.15. The number of nitrogens with zero attached hydrogens (tertiary/aromatic N) is 4. The van der Waals surface area contributed by atoms with Crippen LogP contribution in [0.1, 0.15) is 42.3 Å². The van der Waals surface area contributed by atoms with Crippen LogP contribution in [-0.4, -0.2) is 14.1 Å². The van der Waals surface area contributed by atoms with Gasteiger partial charge in [0.1, 0.15) is 17.2 Å². The number of fused-ring (bicyclic) bond motifs is 1. The van der Waals surface area contributed by atoms with E-state index >= 15 is 0 Å². The third kappa shape index (κ3) is 4.94. The molecule has 0 saturated heterocycles. The van der Waals surface area contributed by atoms with E-state index in [0.29, 0.717) is 28.7 Å². The molecule has 5 nitrogen and oxygen atoms in total. The first-order valence-electron chi connectivity index (χ1n) is 12.5. The van der Waals surface area contributed by atoms with E-state index in [1.165, 1.54) is 6.07 Å². The van der Waals surface area contributed by atoms with Crippen molar-refractivity contribution in [3.05, 3.63) is 124 Å². The molecule has 0 atom stereocenters. The Bertz CT molecular complexity index is 1660. The van der Waals surface area contributed by atoms with E-state index in [0.717, 1.165) is 41.8 Å². The lowest BCUT2D eigenvalue weighted by Crippen LogP contribution is -2.23. The van der Waals surface area contributed by atoms with Crippen molar-refractivity contribution in [3.8, 4) is 17.2 Å². The number of pyridine rings is 1. The standard InChI is InChI=1S/C31H27FN4O/c1-2-3-12-29-34-28-17-18-35(21-25-9-5-7-11-27(25)32)31(37)30(28)36(29)20-22-13-15-23(16-14-22)26-10-6-4-8-24(26)19-33/h4-11,13-18H,2-3,12,20-21H2,1H3. The molecule has 3 aromatic carbocycles. The second-order valence-corrected chi connectivity index (χ2v) is 9.15. The Morgan fingerprint density at radius 3 is 2.46 bits per heavy atom. The summed E-state index contributed by atoms with van der Waals surface area (Å²) in [7, 11) is 0. The Kier molecular flexibility index (Phi) is 6.96. The van der Waals surface area contributed by atoms with Crippen LogP contribution in [0, 0.1) is 17.1 Å². The highest BCUT2D eigenvalue weighted by atomic mass is 19.1. The summed E-state index contributed by atoms with van der Waals surface area (Å²) in [5.74, 6) is 0.543. The normalized spacial score (nSPS) is 11.1. The van der Waals surface area contributed by atoms with Gasteiger partial charge >= 0.3 is 0 Å². The van der Waals surface area contributed by atoms with Gasteiger partial charge in [0.25, 0.3) is 5.56 Å². The molecule has 2 heterocycles. The first-order chi connectivity index (χ1) is 18.1. The maximum atomic E-state index is 14.3. The molecule has 184 valence electrons. The lowest BCUT2D eigenvalue weighted by Gasteiger charge is -2.12. The monoisotopic (exact) mass is 490 g/mol. The molecular weight excluding hydrogens is 463 g/mol. The van der Waals surface area contributed by atoms with E-state index in [2.05, 4.69) is 13.0 Å². The molecule has 0 radical (unpaired) electrons. The number of imidazole rings is 1. The highest BCUT2D eigenvalue weighted by Gasteiger charge is 2.16. The number of unbranched alkanes of at least 4 members (excludes halogenated alkanes) is 1. The smallest absolute Gasteiger partial charge is 0.277 e. The zero-order valence-electron chi connectivity index (χ0n) is 20.7. The molecular formula is C31H27FN4O. The van der Waals surface area contributed by atoms with Gasteiger partial charge in [-0.2, -0.15) is 5.26 Å². The molecule has 6 heteroatoms. The quantitative estimate of drug-likeness (QED) is 0.256. The van der Waals surface area contributed by atoms with Crippen molar-refractivity contribution in [1.82, 2.24) is 14.1 Å². The molecule has 0 aliphatic heterocycles. The van der Waals surface area contributed by atoms with Crippen LogP contribution in [0.15, 0.2) is 89.9 Å². The lowest BCUT2D eigenvalue weighted by atomic mass is 9.99. The first kappa shape index (κ1) is 24.2. The van der Waals surface area contributed by atoms with Crippen LogP contribution < -0.4 is 5.56 Å². The van der Waals surface area contributed by atoms with Crippen molar-refractivity contribution in [2.75, 3.05) is 0 Å². The summed E-state index contributed by atoms with van der Waals surface area (Å²) in [5.41, 5.74) is 4.99. The topological polar surface area (TPSA) is 63.6 Å². The summed E-state index contributed by atoms with van der Waals surface area (Å²) in [4.78, 5) is 18.4. The molecule has 0 N–H and O–H groups in total. The molecule has 0 bridgehead atoms. The van der Waals surface area contributed by atoms with Gasteiger partial charge in [0.05, 0.1) is 23.7 Å². The third-order valence-corrected chi connectivity index (χ3v) is 6.66. The van der Waals surface area contributed by atoms with Gasteiger partial charge in [-0.15, -0.1) is 0 Å². The molecule has 0 saturated carbocycles. The summed E-state index contributed by atoms with van der Waals surface area (Å²) >= 11 is 0. The summed E-state index contributed by atoms with van der Waals surface area (Å²) in [6.45, 7) is 2.78. The Morgan fingerprint density at radius 1 is 0.946 bits per heavy atom. The van der Waals surface area contributed by atoms with Crippen molar-refractivity contribution in [2.45, 2.75) is 39.3 Å². The SMILES string of the molecule is CCCCc1nc2ccn(Cc3ccccc3F)c(=O)c2n1Cc1ccc(-c2ccccc2C#N)cc1. The van der Waals surface area contributed by atoms with Gasteiger partial charge in [-0.3, -0.25) is 4.79 Å². The minimum Gasteiger partial charge on any atom is -0.319 e. The molecule has 37 heavy (non-hydrogen) atoms. The van der Waals surface area contributed by atoms with Gasteiger partial charge in [-0.1, -0.05) is 74.0 Å². The average molecular weight is 491 g/mol. The number of hydrogen-bond donors (Lipinski definition) is 0. The van der Waals surface area contributed by atoms with Gasteiger partial charge in [0.2, 0.25) is 0 Å². The van der Waals surface area contributed by atoms with Gasteiger partial charge in [-0.05, 0) is 41.3 Å². The van der Waals surface area contributed by atoms with Gasteiger partial charge < -0.3 is 9.13 Å². The second kappa shape index (κ2) is 10.6. The van der Waals surface area contributed by atoms with Crippen molar-refractivity contribution in [3.63, 3.8) is 0 Å². The molecule has 0 spiro atoms. The van der Waals surface area contributed by atoms with Crippen LogP contribution in [0.4, 0.5) is 4.39 Å². The fraction of sp³-hybridized carbons (Fsp3) is 0.194. The highest BCUT2D eigenvalue weighted by Crippen LogP contribution is 2.24. The molecule has 0 aliphatic carbocycles. The fourth-order valence-electron chi connectivity index (χ4n) is 4.66. The van der Waals surface area contributed by atoms with Gasteiger partial charge in [-0.25, -0.2) is 9.37 Å². The maximum absolute atomic E-state index is 14.3. The zero-order chi connectivity index (χ0) is 25.8. The van der Waals surface area contributed by atoms with Gasteiger partial charge in [0.15, 0.2) is 0 Å². The fourth-order valence-corrected chi connectivity index (χ4v) is 4.66. The number of aromatic nitrogens is 3. The summed E-state index contributed by atoms with van der Waals surface area (Å²) in [5, 5.41) is 9.45. The molecule has 0 amide bonds.